The number of amides is 1. The Morgan fingerprint density at radius 2 is 1.96 bits per heavy atom. The molecule has 1 aliphatic rings. The number of nitrogens with zero attached hydrogens (tertiary/aromatic N) is 2. The van der Waals surface area contributed by atoms with Gasteiger partial charge in [0, 0.05) is 36.7 Å². The molecule has 0 saturated carbocycles. The third kappa shape index (κ3) is 4.68. The predicted octanol–water partition coefficient (Wildman–Crippen LogP) is 2.73. The lowest BCUT2D eigenvalue weighted by Crippen LogP contribution is -2.47. The summed E-state index contributed by atoms with van der Waals surface area (Å²) in [5.74, 6) is 0.0716. The van der Waals surface area contributed by atoms with E-state index in [0.717, 1.165) is 10.0 Å². The molecule has 0 atom stereocenters. The van der Waals surface area contributed by atoms with E-state index in [1.165, 1.54) is 4.31 Å². The van der Waals surface area contributed by atoms with Gasteiger partial charge in [-0.2, -0.15) is 0 Å². The lowest BCUT2D eigenvalue weighted by molar-refractivity contribution is -0.127. The average Bonchev–Trinajstić information content (AvgIpc) is 2.60. The van der Waals surface area contributed by atoms with Gasteiger partial charge in [0.05, 0.1) is 5.75 Å². The smallest absolute Gasteiger partial charge is 0.246 e. The number of halogens is 1. The van der Waals surface area contributed by atoms with E-state index in [-0.39, 0.29) is 17.7 Å². The summed E-state index contributed by atoms with van der Waals surface area (Å²) in [5.41, 5.74) is 0.953. The summed E-state index contributed by atoms with van der Waals surface area (Å²) < 4.78 is 26.3. The maximum Gasteiger partial charge on any atom is 0.246 e. The molecule has 1 saturated heterocycles. The molecule has 0 radical (unpaired) electrons. The van der Waals surface area contributed by atoms with E-state index in [0.29, 0.717) is 25.9 Å². The summed E-state index contributed by atoms with van der Waals surface area (Å²) in [5, 5.41) is 0. The standard InChI is InChI=1S/C17H23BrN2O3S/c1-3-24(22,23)19(2)15-10-12-20(13-11-15)17(21)9-8-14-6-4-5-7-16(14)18/h4-9,15H,3,10-13H2,1-2H3/b9-8+. The number of likely N-dealkylation sites (tertiary alicyclic amines) is 1. The summed E-state index contributed by atoms with van der Waals surface area (Å²) in [6, 6.07) is 7.69. The Morgan fingerprint density at radius 1 is 1.33 bits per heavy atom. The van der Waals surface area contributed by atoms with Crippen molar-refractivity contribution >= 4 is 37.9 Å². The SMILES string of the molecule is CCS(=O)(=O)N(C)C1CCN(C(=O)/C=C/c2ccccc2Br)CC1. The molecule has 1 fully saturated rings. The zero-order valence-corrected chi connectivity index (χ0v) is 16.4. The number of hydrogen-bond acceptors (Lipinski definition) is 3. The fraction of sp³-hybridized carbons (Fsp3) is 0.471. The zero-order chi connectivity index (χ0) is 17.7. The Morgan fingerprint density at radius 3 is 2.54 bits per heavy atom. The van der Waals surface area contributed by atoms with Crippen molar-refractivity contribution in [2.75, 3.05) is 25.9 Å². The van der Waals surface area contributed by atoms with Crippen LogP contribution in [0.4, 0.5) is 0 Å². The quantitative estimate of drug-likeness (QED) is 0.695. The highest BCUT2D eigenvalue weighted by Gasteiger charge is 2.29. The first-order valence-electron chi connectivity index (χ1n) is 8.02. The predicted molar refractivity (Wildman–Crippen MR) is 100 cm³/mol. The fourth-order valence-electron chi connectivity index (χ4n) is 2.76. The molecule has 7 heteroatoms. The normalized spacial score (nSPS) is 16.9. The number of hydrogen-bond donors (Lipinski definition) is 0. The molecule has 24 heavy (non-hydrogen) atoms. The highest BCUT2D eigenvalue weighted by atomic mass is 79.9. The Labute approximate surface area is 152 Å². The molecule has 0 spiro atoms. The van der Waals surface area contributed by atoms with Crippen LogP contribution >= 0.6 is 15.9 Å². The zero-order valence-electron chi connectivity index (χ0n) is 14.0. The lowest BCUT2D eigenvalue weighted by atomic mass is 10.1. The summed E-state index contributed by atoms with van der Waals surface area (Å²) in [6.45, 7) is 2.80. The van der Waals surface area contributed by atoms with Crippen molar-refractivity contribution in [3.8, 4) is 0 Å². The number of rotatable bonds is 5. The molecule has 1 aliphatic heterocycles. The first-order chi connectivity index (χ1) is 11.3. The van der Waals surface area contributed by atoms with Crippen molar-refractivity contribution in [2.45, 2.75) is 25.8 Å². The maximum absolute atomic E-state index is 12.3. The number of piperidine rings is 1. The summed E-state index contributed by atoms with van der Waals surface area (Å²) in [7, 11) is -1.54. The van der Waals surface area contributed by atoms with Gasteiger partial charge in [-0.25, -0.2) is 12.7 Å². The minimum atomic E-state index is -3.18. The van der Waals surface area contributed by atoms with Crippen molar-refractivity contribution in [2.24, 2.45) is 0 Å². The molecule has 1 amide bonds. The van der Waals surface area contributed by atoms with Gasteiger partial charge < -0.3 is 4.90 Å². The molecule has 5 nitrogen and oxygen atoms in total. The molecule has 1 heterocycles. The molecule has 0 N–H and O–H groups in total. The van der Waals surface area contributed by atoms with Crippen molar-refractivity contribution < 1.29 is 13.2 Å². The third-order valence-corrected chi connectivity index (χ3v) is 7.03. The second-order valence-corrected chi connectivity index (χ2v) is 9.00. The van der Waals surface area contributed by atoms with Gasteiger partial charge in [-0.3, -0.25) is 4.79 Å². The van der Waals surface area contributed by atoms with Crippen molar-refractivity contribution in [1.82, 2.24) is 9.21 Å². The number of carbonyl (C=O) groups is 1. The molecular weight excluding hydrogens is 392 g/mol. The van der Waals surface area contributed by atoms with E-state index in [1.54, 1.807) is 31.0 Å². The van der Waals surface area contributed by atoms with E-state index in [1.807, 2.05) is 24.3 Å². The van der Waals surface area contributed by atoms with Gasteiger partial charge in [0.25, 0.3) is 0 Å². The first-order valence-corrected chi connectivity index (χ1v) is 10.4. The van der Waals surface area contributed by atoms with Crippen molar-refractivity contribution in [1.29, 1.82) is 0 Å². The summed E-state index contributed by atoms with van der Waals surface area (Å²) >= 11 is 3.45. The first kappa shape index (κ1) is 19.1. The van der Waals surface area contributed by atoms with Crippen LogP contribution < -0.4 is 0 Å². The van der Waals surface area contributed by atoms with Crippen LogP contribution in [0.15, 0.2) is 34.8 Å². The molecule has 1 aromatic carbocycles. The van der Waals surface area contributed by atoms with Crippen LogP contribution in [0.25, 0.3) is 6.08 Å². The van der Waals surface area contributed by atoms with E-state index in [9.17, 15) is 13.2 Å². The van der Waals surface area contributed by atoms with Gasteiger partial charge in [-0.05, 0) is 37.5 Å². The third-order valence-electron chi connectivity index (χ3n) is 4.40. The van der Waals surface area contributed by atoms with Crippen LogP contribution in [0, 0.1) is 0 Å². The Balaban J connectivity index is 1.92. The monoisotopic (exact) mass is 414 g/mol. The van der Waals surface area contributed by atoms with Gasteiger partial charge in [-0.1, -0.05) is 34.1 Å². The minimum Gasteiger partial charge on any atom is -0.339 e. The largest absolute Gasteiger partial charge is 0.339 e. The fourth-order valence-corrected chi connectivity index (χ4v) is 4.25. The second-order valence-electron chi connectivity index (χ2n) is 5.83. The van der Waals surface area contributed by atoms with Gasteiger partial charge >= 0.3 is 0 Å². The van der Waals surface area contributed by atoms with E-state index in [4.69, 9.17) is 0 Å². The number of benzene rings is 1. The number of sulfonamides is 1. The van der Waals surface area contributed by atoms with Crippen molar-refractivity contribution in [3.63, 3.8) is 0 Å². The molecule has 0 aromatic heterocycles. The highest BCUT2D eigenvalue weighted by molar-refractivity contribution is 9.10. The second kappa shape index (κ2) is 8.27. The van der Waals surface area contributed by atoms with E-state index in [2.05, 4.69) is 15.9 Å². The maximum atomic E-state index is 12.3. The van der Waals surface area contributed by atoms with Gasteiger partial charge in [0.2, 0.25) is 15.9 Å². The summed E-state index contributed by atoms with van der Waals surface area (Å²) in [6.07, 6.45) is 4.72. The molecular formula is C17H23BrN2O3S. The van der Waals surface area contributed by atoms with E-state index < -0.39 is 10.0 Å². The van der Waals surface area contributed by atoms with Gasteiger partial charge in [-0.15, -0.1) is 0 Å². The molecule has 0 bridgehead atoms. The number of carbonyl (C=O) groups excluding carboxylic acids is 1. The van der Waals surface area contributed by atoms with Crippen LogP contribution in [0.1, 0.15) is 25.3 Å². The van der Waals surface area contributed by atoms with Crippen LogP contribution in [-0.4, -0.2) is 55.5 Å². The molecule has 2 rings (SSSR count). The molecule has 0 unspecified atom stereocenters. The molecule has 132 valence electrons. The molecule has 0 aliphatic carbocycles. The Kier molecular flexibility index (Phi) is 6.60. The lowest BCUT2D eigenvalue weighted by Gasteiger charge is -2.35. The summed E-state index contributed by atoms with van der Waals surface area (Å²) in [4.78, 5) is 14.1. The Bertz CT molecular complexity index is 710. The molecule has 1 aromatic rings. The van der Waals surface area contributed by atoms with E-state index >= 15 is 0 Å². The highest BCUT2D eigenvalue weighted by Crippen LogP contribution is 2.20. The minimum absolute atomic E-state index is 0.0220. The van der Waals surface area contributed by atoms with Crippen LogP contribution in [0.3, 0.4) is 0 Å². The Hall–Kier alpha value is -1.18. The van der Waals surface area contributed by atoms with Crippen LogP contribution in [0.2, 0.25) is 0 Å². The average molecular weight is 415 g/mol. The van der Waals surface area contributed by atoms with Gasteiger partial charge in [0.15, 0.2) is 0 Å². The van der Waals surface area contributed by atoms with Crippen LogP contribution in [-0.2, 0) is 14.8 Å². The van der Waals surface area contributed by atoms with Crippen molar-refractivity contribution in [3.05, 3.63) is 40.4 Å². The van der Waals surface area contributed by atoms with Crippen LogP contribution in [0.5, 0.6) is 0 Å². The topological polar surface area (TPSA) is 57.7 Å². The van der Waals surface area contributed by atoms with Gasteiger partial charge in [0.1, 0.15) is 0 Å².